The van der Waals surface area contributed by atoms with E-state index in [1.54, 1.807) is 6.92 Å². The normalized spacial score (nSPS) is 12.1. The van der Waals surface area contributed by atoms with Crippen LogP contribution in [-0.4, -0.2) is 16.8 Å². The van der Waals surface area contributed by atoms with Crippen LogP contribution in [0.1, 0.15) is 5.56 Å². The summed E-state index contributed by atoms with van der Waals surface area (Å²) in [6.45, 7) is 1.61. The standard InChI is InChI=1S/C13H10BrO6S2/c1-9-2-7-13(21(15,16)17)12(8-9)20-22(18,19)11-5-3-10(14)4-6-11/h2-8H,1H3. The maximum absolute atomic E-state index is 12.2. The summed E-state index contributed by atoms with van der Waals surface area (Å²) in [7, 11) is -9.11. The van der Waals surface area contributed by atoms with Gasteiger partial charge in [0, 0.05) is 4.47 Å². The topological polar surface area (TPSA) is 97.4 Å². The average molecular weight is 406 g/mol. The lowest BCUT2D eigenvalue weighted by atomic mass is 10.2. The molecule has 22 heavy (non-hydrogen) atoms. The van der Waals surface area contributed by atoms with Crippen LogP contribution in [0.4, 0.5) is 0 Å². The predicted molar refractivity (Wildman–Crippen MR) is 81.0 cm³/mol. The molecule has 0 saturated carbocycles. The molecule has 0 bridgehead atoms. The first-order valence-electron chi connectivity index (χ1n) is 5.86. The van der Waals surface area contributed by atoms with Crippen LogP contribution in [0.2, 0.25) is 0 Å². The van der Waals surface area contributed by atoms with Crippen LogP contribution in [0, 0.1) is 6.92 Å². The van der Waals surface area contributed by atoms with E-state index in [4.69, 9.17) is 4.18 Å². The maximum Gasteiger partial charge on any atom is 0.339 e. The molecule has 0 amide bonds. The van der Waals surface area contributed by atoms with Crippen LogP contribution < -0.4 is 4.18 Å². The highest BCUT2D eigenvalue weighted by Crippen LogP contribution is 2.28. The minimum Gasteiger partial charge on any atom is -0.377 e. The smallest absolute Gasteiger partial charge is 0.339 e. The maximum atomic E-state index is 12.2. The molecule has 0 saturated heterocycles. The molecule has 0 aromatic heterocycles. The molecule has 0 spiro atoms. The molecule has 9 heteroatoms. The number of hydrogen-bond acceptors (Lipinski definition) is 5. The van der Waals surface area contributed by atoms with Crippen molar-refractivity contribution in [3.63, 3.8) is 0 Å². The Morgan fingerprint density at radius 3 is 2.09 bits per heavy atom. The second-order valence-corrected chi connectivity index (χ2v) is 8.21. The SMILES string of the molecule is Cc1ccc(S([O])(=O)=O)c(OS(=O)(=O)c2ccc(Br)cc2)c1. The molecular formula is C13H10BrO6S2. The predicted octanol–water partition coefficient (Wildman–Crippen LogP) is 2.64. The Kier molecular flexibility index (Phi) is 4.62. The van der Waals surface area contributed by atoms with Crippen molar-refractivity contribution in [1.29, 1.82) is 0 Å². The molecule has 0 fully saturated rings. The summed E-state index contributed by atoms with van der Waals surface area (Å²) in [5.41, 5.74) is 0.549. The molecule has 0 aliphatic carbocycles. The van der Waals surface area contributed by atoms with Gasteiger partial charge in [-0.05, 0) is 48.9 Å². The van der Waals surface area contributed by atoms with Gasteiger partial charge < -0.3 is 4.18 Å². The molecule has 0 unspecified atom stereocenters. The summed E-state index contributed by atoms with van der Waals surface area (Å²) in [5.74, 6) is -0.516. The minimum atomic E-state index is -4.86. The van der Waals surface area contributed by atoms with Crippen molar-refractivity contribution in [2.45, 2.75) is 16.7 Å². The second kappa shape index (κ2) is 5.99. The number of aryl methyl sites for hydroxylation is 1. The lowest BCUT2D eigenvalue weighted by Crippen LogP contribution is -2.12. The molecule has 2 aromatic rings. The van der Waals surface area contributed by atoms with Gasteiger partial charge in [-0.15, -0.1) is 0 Å². The first-order chi connectivity index (χ1) is 10.1. The van der Waals surface area contributed by atoms with E-state index in [0.717, 1.165) is 6.07 Å². The molecule has 6 nitrogen and oxygen atoms in total. The van der Waals surface area contributed by atoms with E-state index < -0.39 is 30.9 Å². The fourth-order valence-electron chi connectivity index (χ4n) is 1.65. The number of hydrogen-bond donors (Lipinski definition) is 0. The van der Waals surface area contributed by atoms with Crippen molar-refractivity contribution in [1.82, 2.24) is 0 Å². The van der Waals surface area contributed by atoms with E-state index in [9.17, 15) is 21.4 Å². The quantitative estimate of drug-likeness (QED) is 0.728. The Labute approximate surface area is 136 Å². The molecule has 0 aliphatic rings. The number of benzene rings is 2. The molecule has 0 heterocycles. The number of rotatable bonds is 4. The van der Waals surface area contributed by atoms with Crippen LogP contribution >= 0.6 is 15.9 Å². The van der Waals surface area contributed by atoms with Gasteiger partial charge in [-0.1, -0.05) is 26.5 Å². The van der Waals surface area contributed by atoms with E-state index in [0.29, 0.717) is 10.0 Å². The fraction of sp³-hybridized carbons (Fsp3) is 0.0769. The molecule has 0 N–H and O–H groups in total. The van der Waals surface area contributed by atoms with Gasteiger partial charge in [0.15, 0.2) is 5.75 Å². The molecule has 1 radical (unpaired) electrons. The summed E-state index contributed by atoms with van der Waals surface area (Å²) in [4.78, 5) is -0.884. The third-order valence-electron chi connectivity index (χ3n) is 2.67. The van der Waals surface area contributed by atoms with Crippen molar-refractivity contribution in [2.24, 2.45) is 0 Å². The molecular weight excluding hydrogens is 396 g/mol. The van der Waals surface area contributed by atoms with Gasteiger partial charge in [-0.3, -0.25) is 0 Å². The Morgan fingerprint density at radius 2 is 1.55 bits per heavy atom. The summed E-state index contributed by atoms with van der Waals surface area (Å²) >= 11 is 3.17. The van der Waals surface area contributed by atoms with Crippen molar-refractivity contribution in [3.8, 4) is 5.75 Å². The van der Waals surface area contributed by atoms with Gasteiger partial charge in [0.05, 0.1) is 0 Å². The monoisotopic (exact) mass is 405 g/mol. The molecule has 117 valence electrons. The second-order valence-electron chi connectivity index (χ2n) is 4.40. The van der Waals surface area contributed by atoms with Gasteiger partial charge in [0.25, 0.3) is 0 Å². The average Bonchev–Trinajstić information content (AvgIpc) is 2.37. The van der Waals surface area contributed by atoms with Gasteiger partial charge in [0.2, 0.25) is 0 Å². The Bertz CT molecular complexity index is 902. The first-order valence-corrected chi connectivity index (χ1v) is 9.47. The molecule has 2 rings (SSSR count). The van der Waals surface area contributed by atoms with Gasteiger partial charge in [0.1, 0.15) is 9.79 Å². The third kappa shape index (κ3) is 3.86. The third-order valence-corrected chi connectivity index (χ3v) is 5.32. The van der Waals surface area contributed by atoms with Crippen LogP contribution in [0.15, 0.2) is 56.7 Å². The van der Waals surface area contributed by atoms with Crippen LogP contribution in [-0.2, 0) is 24.8 Å². The van der Waals surface area contributed by atoms with Crippen molar-refractivity contribution >= 4 is 36.2 Å². The van der Waals surface area contributed by atoms with E-state index in [2.05, 4.69) is 15.9 Å². The van der Waals surface area contributed by atoms with Crippen LogP contribution in [0.5, 0.6) is 5.75 Å². The molecule has 0 atom stereocenters. The van der Waals surface area contributed by atoms with Crippen molar-refractivity contribution in [2.75, 3.05) is 0 Å². The molecule has 0 aliphatic heterocycles. The van der Waals surface area contributed by atoms with E-state index in [1.165, 1.54) is 36.4 Å². The molecule has 2 aromatic carbocycles. The van der Waals surface area contributed by atoms with Crippen LogP contribution in [0.3, 0.4) is 0 Å². The summed E-state index contributed by atoms with van der Waals surface area (Å²) in [6, 6.07) is 9.16. The highest BCUT2D eigenvalue weighted by atomic mass is 79.9. The largest absolute Gasteiger partial charge is 0.377 e. The zero-order valence-corrected chi connectivity index (χ0v) is 14.4. The first kappa shape index (κ1) is 16.9. The summed E-state index contributed by atoms with van der Waals surface area (Å²) < 4.78 is 63.4. The fourth-order valence-corrected chi connectivity index (χ4v) is 3.49. The van der Waals surface area contributed by atoms with Crippen molar-refractivity contribution in [3.05, 3.63) is 52.5 Å². The zero-order chi connectivity index (χ0) is 16.5. The van der Waals surface area contributed by atoms with E-state index >= 15 is 0 Å². The highest BCUT2D eigenvalue weighted by molar-refractivity contribution is 9.10. The van der Waals surface area contributed by atoms with E-state index in [-0.39, 0.29) is 4.90 Å². The summed E-state index contributed by atoms with van der Waals surface area (Å²) in [5, 5.41) is 0. The van der Waals surface area contributed by atoms with Crippen LogP contribution in [0.25, 0.3) is 0 Å². The van der Waals surface area contributed by atoms with Gasteiger partial charge >= 0.3 is 20.2 Å². The van der Waals surface area contributed by atoms with Crippen molar-refractivity contribution < 1.29 is 25.6 Å². The summed E-state index contributed by atoms with van der Waals surface area (Å²) in [6.07, 6.45) is 0. The lowest BCUT2D eigenvalue weighted by molar-refractivity contribution is 0.410. The Hall–Kier alpha value is -1.42. The Morgan fingerprint density at radius 1 is 0.955 bits per heavy atom. The lowest BCUT2D eigenvalue weighted by Gasteiger charge is -2.10. The van der Waals surface area contributed by atoms with Gasteiger partial charge in [-0.2, -0.15) is 16.8 Å². The van der Waals surface area contributed by atoms with Gasteiger partial charge in [-0.25, -0.2) is 0 Å². The highest BCUT2D eigenvalue weighted by Gasteiger charge is 2.24. The van der Waals surface area contributed by atoms with E-state index in [1.807, 2.05) is 0 Å². The minimum absolute atomic E-state index is 0.161. The zero-order valence-electron chi connectivity index (χ0n) is 11.2. The Balaban J connectivity index is 2.50. The number of halogens is 1.